The predicted molar refractivity (Wildman–Crippen MR) is 102 cm³/mol. The Morgan fingerprint density at radius 1 is 1.15 bits per heavy atom. The molecule has 0 aliphatic carbocycles. The fourth-order valence-corrected chi connectivity index (χ4v) is 3.47. The van der Waals surface area contributed by atoms with E-state index in [9.17, 15) is 14.0 Å². The number of carbonyl (C=O) groups is 2. The lowest BCUT2D eigenvalue weighted by molar-refractivity contribution is -0.123. The minimum Gasteiger partial charge on any atom is -0.493 e. The third-order valence-corrected chi connectivity index (χ3v) is 4.85. The van der Waals surface area contributed by atoms with Gasteiger partial charge in [-0.15, -0.1) is 0 Å². The minimum absolute atomic E-state index is 0.0960. The number of benzene rings is 2. The molecule has 2 amide bonds. The van der Waals surface area contributed by atoms with Crippen molar-refractivity contribution < 1.29 is 23.5 Å². The molecule has 0 saturated carbocycles. The molecule has 1 aliphatic rings. The first-order chi connectivity index (χ1) is 13.0. The van der Waals surface area contributed by atoms with E-state index in [-0.39, 0.29) is 11.4 Å². The lowest BCUT2D eigenvalue weighted by atomic mass is 10.1. The van der Waals surface area contributed by atoms with Crippen LogP contribution < -0.4 is 9.47 Å². The summed E-state index contributed by atoms with van der Waals surface area (Å²) < 4.78 is 24.6. The van der Waals surface area contributed by atoms with Crippen LogP contribution in [0.1, 0.15) is 18.1 Å². The van der Waals surface area contributed by atoms with Gasteiger partial charge in [-0.3, -0.25) is 14.5 Å². The first kappa shape index (κ1) is 19.0. The number of amides is 2. The lowest BCUT2D eigenvalue weighted by Gasteiger charge is -2.13. The van der Waals surface area contributed by atoms with Crippen molar-refractivity contribution in [3.63, 3.8) is 0 Å². The van der Waals surface area contributed by atoms with Crippen LogP contribution in [0.4, 0.5) is 9.18 Å². The summed E-state index contributed by atoms with van der Waals surface area (Å²) in [6.45, 7) is 2.28. The standard InChI is InChI=1S/C20H18FNO4S/c1-3-26-16-9-8-13(10-17(16)25-2)11-18-19(23)22(20(24)27-18)12-14-6-4-5-7-15(14)21/h4-11H,3,12H2,1-2H3/b18-11+. The quantitative estimate of drug-likeness (QED) is 0.685. The highest BCUT2D eigenvalue weighted by Crippen LogP contribution is 2.35. The maximum Gasteiger partial charge on any atom is 0.293 e. The molecule has 0 radical (unpaired) electrons. The van der Waals surface area contributed by atoms with Crippen LogP contribution in [0.2, 0.25) is 0 Å². The molecule has 2 aromatic carbocycles. The number of halogens is 1. The Balaban J connectivity index is 1.83. The van der Waals surface area contributed by atoms with Crippen LogP contribution in [0, 0.1) is 5.82 Å². The van der Waals surface area contributed by atoms with Crippen molar-refractivity contribution in [3.05, 3.63) is 64.3 Å². The van der Waals surface area contributed by atoms with Crippen molar-refractivity contribution in [1.82, 2.24) is 4.90 Å². The average molecular weight is 387 g/mol. The second-order valence-electron chi connectivity index (χ2n) is 5.70. The van der Waals surface area contributed by atoms with E-state index in [1.165, 1.54) is 13.2 Å². The van der Waals surface area contributed by atoms with Gasteiger partial charge in [0.2, 0.25) is 0 Å². The molecular formula is C20H18FNO4S. The maximum absolute atomic E-state index is 13.8. The Hall–Kier alpha value is -2.80. The molecule has 1 heterocycles. The molecule has 27 heavy (non-hydrogen) atoms. The molecule has 0 spiro atoms. The van der Waals surface area contributed by atoms with Crippen molar-refractivity contribution >= 4 is 29.0 Å². The van der Waals surface area contributed by atoms with Gasteiger partial charge in [0.1, 0.15) is 5.82 Å². The zero-order chi connectivity index (χ0) is 19.4. The van der Waals surface area contributed by atoms with Crippen LogP contribution in [0.25, 0.3) is 6.08 Å². The molecule has 0 N–H and O–H groups in total. The van der Waals surface area contributed by atoms with E-state index in [0.717, 1.165) is 16.7 Å². The van der Waals surface area contributed by atoms with Crippen molar-refractivity contribution in [3.8, 4) is 11.5 Å². The van der Waals surface area contributed by atoms with Gasteiger partial charge in [0.15, 0.2) is 11.5 Å². The summed E-state index contributed by atoms with van der Waals surface area (Å²) in [5.41, 5.74) is 0.996. The van der Waals surface area contributed by atoms with Gasteiger partial charge in [0.25, 0.3) is 11.1 Å². The molecule has 0 unspecified atom stereocenters. The normalized spacial score (nSPS) is 15.5. The Morgan fingerprint density at radius 2 is 1.93 bits per heavy atom. The molecule has 5 nitrogen and oxygen atoms in total. The summed E-state index contributed by atoms with van der Waals surface area (Å²) in [6.07, 6.45) is 1.62. The highest BCUT2D eigenvalue weighted by Gasteiger charge is 2.35. The summed E-state index contributed by atoms with van der Waals surface area (Å²) >= 11 is 0.834. The van der Waals surface area contributed by atoms with E-state index >= 15 is 0 Å². The summed E-state index contributed by atoms with van der Waals surface area (Å²) in [5, 5.41) is -0.424. The molecule has 140 valence electrons. The smallest absolute Gasteiger partial charge is 0.293 e. The highest BCUT2D eigenvalue weighted by atomic mass is 32.2. The zero-order valence-electron chi connectivity index (χ0n) is 14.9. The number of carbonyl (C=O) groups excluding carboxylic acids is 2. The maximum atomic E-state index is 13.8. The molecule has 3 rings (SSSR count). The first-order valence-corrected chi connectivity index (χ1v) is 9.14. The van der Waals surface area contributed by atoms with Gasteiger partial charge in [-0.05, 0) is 48.5 Å². The van der Waals surface area contributed by atoms with E-state index < -0.39 is 17.0 Å². The van der Waals surface area contributed by atoms with Crippen molar-refractivity contribution in [1.29, 1.82) is 0 Å². The topological polar surface area (TPSA) is 55.8 Å². The number of rotatable bonds is 6. The van der Waals surface area contributed by atoms with Crippen LogP contribution in [0.3, 0.4) is 0 Å². The second-order valence-corrected chi connectivity index (χ2v) is 6.70. The Bertz CT molecular complexity index is 913. The van der Waals surface area contributed by atoms with Gasteiger partial charge in [-0.2, -0.15) is 0 Å². The van der Waals surface area contributed by atoms with Crippen molar-refractivity contribution in [2.45, 2.75) is 13.5 Å². The zero-order valence-corrected chi connectivity index (χ0v) is 15.7. The van der Waals surface area contributed by atoms with Gasteiger partial charge in [-0.1, -0.05) is 24.3 Å². The van der Waals surface area contributed by atoms with E-state index in [1.54, 1.807) is 42.5 Å². The van der Waals surface area contributed by atoms with E-state index in [2.05, 4.69) is 0 Å². The number of ether oxygens (including phenoxy) is 2. The van der Waals surface area contributed by atoms with Crippen LogP contribution in [0.15, 0.2) is 47.4 Å². The molecule has 2 aromatic rings. The lowest BCUT2D eigenvalue weighted by Crippen LogP contribution is -2.27. The number of nitrogens with zero attached hydrogens (tertiary/aromatic N) is 1. The fourth-order valence-electron chi connectivity index (χ4n) is 2.63. The van der Waals surface area contributed by atoms with Gasteiger partial charge < -0.3 is 9.47 Å². The summed E-state index contributed by atoms with van der Waals surface area (Å²) in [6, 6.07) is 11.3. The van der Waals surface area contributed by atoms with Crippen molar-refractivity contribution in [2.24, 2.45) is 0 Å². The fraction of sp³-hybridized carbons (Fsp3) is 0.200. The Kier molecular flexibility index (Phi) is 5.81. The van der Waals surface area contributed by atoms with Gasteiger partial charge in [0.05, 0.1) is 25.2 Å². The number of hydrogen-bond acceptors (Lipinski definition) is 5. The highest BCUT2D eigenvalue weighted by molar-refractivity contribution is 8.18. The van der Waals surface area contributed by atoms with Crippen LogP contribution in [-0.2, 0) is 11.3 Å². The first-order valence-electron chi connectivity index (χ1n) is 8.33. The Labute approximate surface area is 160 Å². The minimum atomic E-state index is -0.447. The molecule has 1 saturated heterocycles. The Morgan fingerprint density at radius 3 is 2.63 bits per heavy atom. The number of hydrogen-bond donors (Lipinski definition) is 0. The average Bonchev–Trinajstić information content (AvgIpc) is 2.92. The molecular weight excluding hydrogens is 369 g/mol. The largest absolute Gasteiger partial charge is 0.493 e. The van der Waals surface area contributed by atoms with Crippen molar-refractivity contribution in [2.75, 3.05) is 13.7 Å². The van der Waals surface area contributed by atoms with E-state index in [4.69, 9.17) is 9.47 Å². The second kappa shape index (κ2) is 8.26. The summed E-state index contributed by atoms with van der Waals surface area (Å²) in [7, 11) is 1.53. The third-order valence-electron chi connectivity index (χ3n) is 3.95. The third kappa shape index (κ3) is 4.14. The summed E-state index contributed by atoms with van der Waals surface area (Å²) in [5.74, 6) is 0.249. The molecule has 0 bridgehead atoms. The monoisotopic (exact) mass is 387 g/mol. The number of thioether (sulfide) groups is 1. The van der Waals surface area contributed by atoms with Crippen LogP contribution in [0.5, 0.6) is 11.5 Å². The van der Waals surface area contributed by atoms with Crippen LogP contribution in [-0.4, -0.2) is 29.8 Å². The molecule has 0 aromatic heterocycles. The molecule has 1 fully saturated rings. The van der Waals surface area contributed by atoms with Gasteiger partial charge in [-0.25, -0.2) is 4.39 Å². The van der Waals surface area contributed by atoms with Gasteiger partial charge in [0, 0.05) is 5.56 Å². The SMILES string of the molecule is CCOc1ccc(/C=C2/SC(=O)N(Cc3ccccc3F)C2=O)cc1OC. The molecule has 1 aliphatic heterocycles. The molecule has 0 atom stereocenters. The number of methoxy groups -OCH3 is 1. The van der Waals surface area contributed by atoms with E-state index in [0.29, 0.717) is 29.2 Å². The molecule has 7 heteroatoms. The summed E-state index contributed by atoms with van der Waals surface area (Å²) in [4.78, 5) is 26.1. The van der Waals surface area contributed by atoms with E-state index in [1.807, 2.05) is 6.92 Å². The number of imide groups is 1. The van der Waals surface area contributed by atoms with Gasteiger partial charge >= 0.3 is 0 Å². The van der Waals surface area contributed by atoms with Crippen LogP contribution >= 0.6 is 11.8 Å². The predicted octanol–water partition coefficient (Wildman–Crippen LogP) is 4.47.